The van der Waals surface area contributed by atoms with Gasteiger partial charge in [-0.3, -0.25) is 9.59 Å². The molecular weight excluding hydrogens is 240 g/mol. The molecule has 0 saturated carbocycles. The van der Waals surface area contributed by atoms with E-state index < -0.39 is 5.97 Å². The molecule has 0 aromatic carbocycles. The molecule has 98 valence electrons. The third kappa shape index (κ3) is 2.48. The molecule has 1 aromatic rings. The van der Waals surface area contributed by atoms with Crippen molar-refractivity contribution in [3.05, 3.63) is 11.9 Å². The van der Waals surface area contributed by atoms with Crippen LogP contribution in [-0.4, -0.2) is 61.2 Å². The van der Waals surface area contributed by atoms with Crippen LogP contribution >= 0.6 is 0 Å². The predicted molar refractivity (Wildman–Crippen MR) is 58.8 cm³/mol. The molecule has 8 heteroatoms. The third-order valence-electron chi connectivity index (χ3n) is 2.90. The minimum atomic E-state index is -1.05. The molecule has 0 aliphatic carbocycles. The molecule has 8 nitrogen and oxygen atoms in total. The van der Waals surface area contributed by atoms with Gasteiger partial charge in [-0.25, -0.2) is 4.68 Å². The van der Waals surface area contributed by atoms with Crippen LogP contribution in [0.2, 0.25) is 0 Å². The molecular formula is C10H14N4O4. The third-order valence-corrected chi connectivity index (χ3v) is 2.90. The van der Waals surface area contributed by atoms with Gasteiger partial charge in [0.15, 0.2) is 5.69 Å². The number of amides is 1. The minimum absolute atomic E-state index is 0.0744. The van der Waals surface area contributed by atoms with Crippen molar-refractivity contribution in [2.45, 2.75) is 25.4 Å². The van der Waals surface area contributed by atoms with Crippen molar-refractivity contribution in [1.82, 2.24) is 19.9 Å². The van der Waals surface area contributed by atoms with Gasteiger partial charge in [0.25, 0.3) is 5.91 Å². The summed E-state index contributed by atoms with van der Waals surface area (Å²) < 4.78 is 1.10. The molecule has 1 aliphatic heterocycles. The summed E-state index contributed by atoms with van der Waals surface area (Å²) in [6.07, 6.45) is 2.93. The van der Waals surface area contributed by atoms with Gasteiger partial charge in [0, 0.05) is 6.54 Å². The molecule has 1 unspecified atom stereocenters. The highest BCUT2D eigenvalue weighted by Gasteiger charge is 2.30. The average molecular weight is 254 g/mol. The Labute approximate surface area is 103 Å². The number of likely N-dealkylation sites (tertiary alicyclic amines) is 1. The Morgan fingerprint density at radius 1 is 1.50 bits per heavy atom. The molecule has 1 aliphatic rings. The molecule has 2 heterocycles. The standard InChI is InChI=1S/C10H14N4O4/c15-6-7-2-1-3-14(7)10(18)8-4-13(12-11-8)5-9(16)17/h4,7,15H,1-3,5-6H2,(H,16,17). The second-order valence-corrected chi connectivity index (χ2v) is 4.17. The van der Waals surface area contributed by atoms with Crippen molar-refractivity contribution >= 4 is 11.9 Å². The fourth-order valence-electron chi connectivity index (χ4n) is 2.05. The van der Waals surface area contributed by atoms with Gasteiger partial charge < -0.3 is 15.1 Å². The quantitative estimate of drug-likeness (QED) is 0.710. The van der Waals surface area contributed by atoms with Gasteiger partial charge >= 0.3 is 5.97 Å². The van der Waals surface area contributed by atoms with Gasteiger partial charge in [0.05, 0.1) is 18.8 Å². The van der Waals surface area contributed by atoms with Gasteiger partial charge in [0.1, 0.15) is 6.54 Å². The summed E-state index contributed by atoms with van der Waals surface area (Å²) in [5.74, 6) is -1.36. The van der Waals surface area contributed by atoms with Crippen LogP contribution in [0.15, 0.2) is 6.20 Å². The lowest BCUT2D eigenvalue weighted by atomic mass is 10.2. The van der Waals surface area contributed by atoms with Crippen molar-refractivity contribution in [1.29, 1.82) is 0 Å². The first-order valence-corrected chi connectivity index (χ1v) is 5.65. The van der Waals surface area contributed by atoms with E-state index in [-0.39, 0.29) is 30.8 Å². The highest BCUT2D eigenvalue weighted by molar-refractivity contribution is 5.92. The lowest BCUT2D eigenvalue weighted by Gasteiger charge is -2.21. The van der Waals surface area contributed by atoms with E-state index in [1.165, 1.54) is 6.20 Å². The lowest BCUT2D eigenvalue weighted by molar-refractivity contribution is -0.137. The van der Waals surface area contributed by atoms with Crippen molar-refractivity contribution in [3.63, 3.8) is 0 Å². The van der Waals surface area contributed by atoms with E-state index in [9.17, 15) is 9.59 Å². The summed E-state index contributed by atoms with van der Waals surface area (Å²) in [5, 5.41) is 25.0. The molecule has 0 bridgehead atoms. The molecule has 1 aromatic heterocycles. The smallest absolute Gasteiger partial charge is 0.325 e. The average Bonchev–Trinajstić information content (AvgIpc) is 2.95. The van der Waals surface area contributed by atoms with Crippen LogP contribution in [0.5, 0.6) is 0 Å². The second kappa shape index (κ2) is 5.13. The number of carbonyl (C=O) groups is 2. The second-order valence-electron chi connectivity index (χ2n) is 4.17. The van der Waals surface area contributed by atoms with Crippen LogP contribution < -0.4 is 0 Å². The van der Waals surface area contributed by atoms with Gasteiger partial charge in [-0.1, -0.05) is 5.21 Å². The van der Waals surface area contributed by atoms with Gasteiger partial charge in [-0.05, 0) is 12.8 Å². The number of aromatic nitrogens is 3. The first-order valence-electron chi connectivity index (χ1n) is 5.65. The topological polar surface area (TPSA) is 109 Å². The van der Waals surface area contributed by atoms with E-state index in [4.69, 9.17) is 10.2 Å². The Balaban J connectivity index is 2.09. The Morgan fingerprint density at radius 2 is 2.28 bits per heavy atom. The maximum Gasteiger partial charge on any atom is 0.325 e. The number of hydrogen-bond donors (Lipinski definition) is 2. The number of aliphatic carboxylic acids is 1. The van der Waals surface area contributed by atoms with E-state index in [1.807, 2.05) is 0 Å². The summed E-state index contributed by atoms with van der Waals surface area (Å²) in [6.45, 7) is 0.175. The monoisotopic (exact) mass is 254 g/mol. The highest BCUT2D eigenvalue weighted by atomic mass is 16.4. The Kier molecular flexibility index (Phi) is 3.56. The van der Waals surface area contributed by atoms with E-state index in [0.717, 1.165) is 17.5 Å². The van der Waals surface area contributed by atoms with E-state index >= 15 is 0 Å². The number of hydrogen-bond acceptors (Lipinski definition) is 5. The van der Waals surface area contributed by atoms with Crippen LogP contribution in [-0.2, 0) is 11.3 Å². The zero-order valence-corrected chi connectivity index (χ0v) is 9.69. The Hall–Kier alpha value is -1.96. The van der Waals surface area contributed by atoms with Crippen molar-refractivity contribution in [2.75, 3.05) is 13.2 Å². The maximum absolute atomic E-state index is 12.1. The summed E-state index contributed by atoms with van der Waals surface area (Å²) in [6, 6.07) is -0.179. The minimum Gasteiger partial charge on any atom is -0.480 e. The first kappa shape index (κ1) is 12.5. The number of aliphatic hydroxyl groups excluding tert-OH is 1. The summed E-state index contributed by atoms with van der Waals surface area (Å²) in [4.78, 5) is 24.1. The van der Waals surface area contributed by atoms with E-state index in [0.29, 0.717) is 6.54 Å². The lowest BCUT2D eigenvalue weighted by Crippen LogP contribution is -2.37. The number of rotatable bonds is 4. The Bertz CT molecular complexity index is 458. The molecule has 18 heavy (non-hydrogen) atoms. The van der Waals surface area contributed by atoms with Gasteiger partial charge in [0.2, 0.25) is 0 Å². The van der Waals surface area contributed by atoms with Crippen molar-refractivity contribution in [2.24, 2.45) is 0 Å². The molecule has 1 atom stereocenters. The molecule has 0 radical (unpaired) electrons. The van der Waals surface area contributed by atoms with Crippen LogP contribution in [0.3, 0.4) is 0 Å². The van der Waals surface area contributed by atoms with Crippen molar-refractivity contribution < 1.29 is 19.8 Å². The first-order chi connectivity index (χ1) is 8.61. The summed E-state index contributed by atoms with van der Waals surface area (Å²) in [5.41, 5.74) is 0.108. The number of nitrogens with zero attached hydrogens (tertiary/aromatic N) is 4. The number of aliphatic hydroxyl groups is 1. The SMILES string of the molecule is O=C(O)Cn1cc(C(=O)N2CCCC2CO)nn1. The Morgan fingerprint density at radius 3 is 2.94 bits per heavy atom. The molecule has 2 rings (SSSR count). The predicted octanol–water partition coefficient (Wildman–Crippen LogP) is -1.04. The molecule has 2 N–H and O–H groups in total. The largest absolute Gasteiger partial charge is 0.480 e. The number of carbonyl (C=O) groups excluding carboxylic acids is 1. The van der Waals surface area contributed by atoms with Crippen molar-refractivity contribution in [3.8, 4) is 0 Å². The molecule has 1 amide bonds. The van der Waals surface area contributed by atoms with E-state index in [1.54, 1.807) is 4.90 Å². The zero-order valence-electron chi connectivity index (χ0n) is 9.69. The summed E-state index contributed by atoms with van der Waals surface area (Å²) in [7, 11) is 0. The van der Waals surface area contributed by atoms with E-state index in [2.05, 4.69) is 10.3 Å². The fourth-order valence-corrected chi connectivity index (χ4v) is 2.05. The normalized spacial score (nSPS) is 19.2. The fraction of sp³-hybridized carbons (Fsp3) is 0.600. The highest BCUT2D eigenvalue weighted by Crippen LogP contribution is 2.18. The van der Waals surface area contributed by atoms with Gasteiger partial charge in [-0.2, -0.15) is 0 Å². The van der Waals surface area contributed by atoms with Crippen LogP contribution in [0.4, 0.5) is 0 Å². The summed E-state index contributed by atoms with van der Waals surface area (Å²) >= 11 is 0. The molecule has 1 fully saturated rings. The van der Waals surface area contributed by atoms with Gasteiger partial charge in [-0.15, -0.1) is 5.10 Å². The zero-order chi connectivity index (χ0) is 13.1. The molecule has 0 spiro atoms. The number of carboxylic acid groups (broad SMARTS) is 1. The van der Waals surface area contributed by atoms with Crippen LogP contribution in [0.25, 0.3) is 0 Å². The van der Waals surface area contributed by atoms with Crippen LogP contribution in [0, 0.1) is 0 Å². The number of carboxylic acids is 1. The maximum atomic E-state index is 12.1. The van der Waals surface area contributed by atoms with Crippen LogP contribution in [0.1, 0.15) is 23.3 Å². The molecule has 1 saturated heterocycles.